The van der Waals surface area contributed by atoms with E-state index in [1.807, 2.05) is 0 Å². The molecule has 0 atom stereocenters. The largest absolute Gasteiger partial charge is 0.326 e. The molecule has 0 aromatic heterocycles. The average Bonchev–Trinajstić information content (AvgIpc) is 2.41. The standard InChI is InChI=1S/C13H11Br2FN2O2S/c14-10-6-9(16)2-3-12(10)18-21(19,20)13-4-1-8(7-17)5-11(13)15/h1-6,18H,7,17H2. The first kappa shape index (κ1) is 16.4. The lowest BCUT2D eigenvalue weighted by Gasteiger charge is -2.12. The van der Waals surface area contributed by atoms with Crippen LogP contribution in [0, 0.1) is 5.82 Å². The van der Waals surface area contributed by atoms with Crippen molar-refractivity contribution in [3.63, 3.8) is 0 Å². The maximum atomic E-state index is 13.0. The number of nitrogens with one attached hydrogen (secondary N) is 1. The summed E-state index contributed by atoms with van der Waals surface area (Å²) in [5, 5.41) is 0. The molecular weight excluding hydrogens is 427 g/mol. The van der Waals surface area contributed by atoms with Crippen molar-refractivity contribution in [3.05, 3.63) is 56.7 Å². The molecule has 2 aromatic carbocycles. The van der Waals surface area contributed by atoms with Crippen molar-refractivity contribution in [3.8, 4) is 0 Å². The van der Waals surface area contributed by atoms with E-state index < -0.39 is 15.8 Å². The van der Waals surface area contributed by atoms with Crippen LogP contribution in [0.4, 0.5) is 10.1 Å². The monoisotopic (exact) mass is 436 g/mol. The van der Waals surface area contributed by atoms with E-state index in [2.05, 4.69) is 36.6 Å². The fraction of sp³-hybridized carbons (Fsp3) is 0.0769. The quantitative estimate of drug-likeness (QED) is 0.767. The topological polar surface area (TPSA) is 72.2 Å². The highest BCUT2D eigenvalue weighted by Gasteiger charge is 2.19. The van der Waals surface area contributed by atoms with Gasteiger partial charge in [-0.25, -0.2) is 12.8 Å². The average molecular weight is 438 g/mol. The third kappa shape index (κ3) is 3.82. The molecule has 0 saturated carbocycles. The van der Waals surface area contributed by atoms with Gasteiger partial charge in [0.15, 0.2) is 0 Å². The summed E-state index contributed by atoms with van der Waals surface area (Å²) in [4.78, 5) is 0.0796. The van der Waals surface area contributed by atoms with Gasteiger partial charge in [-0.05, 0) is 67.8 Å². The van der Waals surface area contributed by atoms with Crippen LogP contribution in [0.15, 0.2) is 50.2 Å². The van der Waals surface area contributed by atoms with E-state index in [9.17, 15) is 12.8 Å². The first-order valence-corrected chi connectivity index (χ1v) is 8.87. The van der Waals surface area contributed by atoms with Gasteiger partial charge < -0.3 is 5.73 Å². The molecule has 0 amide bonds. The fourth-order valence-electron chi connectivity index (χ4n) is 1.66. The molecule has 0 unspecified atom stereocenters. The lowest BCUT2D eigenvalue weighted by molar-refractivity contribution is 0.600. The highest BCUT2D eigenvalue weighted by molar-refractivity contribution is 9.11. The van der Waals surface area contributed by atoms with Crippen LogP contribution in [0.3, 0.4) is 0 Å². The molecule has 0 spiro atoms. The summed E-state index contributed by atoms with van der Waals surface area (Å²) in [5.74, 6) is -0.460. The summed E-state index contributed by atoms with van der Waals surface area (Å²) >= 11 is 6.34. The van der Waals surface area contributed by atoms with E-state index in [1.54, 1.807) is 12.1 Å². The zero-order valence-corrected chi connectivity index (χ0v) is 14.6. The summed E-state index contributed by atoms with van der Waals surface area (Å²) in [7, 11) is -3.79. The summed E-state index contributed by atoms with van der Waals surface area (Å²) in [6.45, 7) is 0.315. The Morgan fingerprint density at radius 1 is 1.10 bits per heavy atom. The van der Waals surface area contributed by atoms with Crippen molar-refractivity contribution < 1.29 is 12.8 Å². The summed E-state index contributed by atoms with van der Waals surface area (Å²) in [5.41, 5.74) is 6.57. The number of rotatable bonds is 4. The minimum Gasteiger partial charge on any atom is -0.326 e. The molecule has 2 rings (SSSR count). The van der Waals surface area contributed by atoms with Gasteiger partial charge in [-0.15, -0.1) is 0 Å². The van der Waals surface area contributed by atoms with Gasteiger partial charge in [-0.2, -0.15) is 0 Å². The molecule has 0 bridgehead atoms. The van der Waals surface area contributed by atoms with Crippen LogP contribution in [-0.2, 0) is 16.6 Å². The van der Waals surface area contributed by atoms with Crippen molar-refractivity contribution in [2.75, 3.05) is 4.72 Å². The van der Waals surface area contributed by atoms with Crippen LogP contribution < -0.4 is 10.5 Å². The molecule has 0 fully saturated rings. The van der Waals surface area contributed by atoms with Crippen LogP contribution in [0.5, 0.6) is 0 Å². The Morgan fingerprint density at radius 2 is 1.81 bits per heavy atom. The molecule has 0 aliphatic heterocycles. The summed E-state index contributed by atoms with van der Waals surface area (Å²) < 4.78 is 40.9. The Balaban J connectivity index is 2.38. The second kappa shape index (κ2) is 6.43. The molecule has 4 nitrogen and oxygen atoms in total. The van der Waals surface area contributed by atoms with Crippen LogP contribution in [-0.4, -0.2) is 8.42 Å². The van der Waals surface area contributed by atoms with E-state index in [0.29, 0.717) is 15.5 Å². The van der Waals surface area contributed by atoms with Gasteiger partial charge in [-0.1, -0.05) is 6.07 Å². The number of anilines is 1. The van der Waals surface area contributed by atoms with E-state index in [1.165, 1.54) is 24.3 Å². The summed E-state index contributed by atoms with van der Waals surface area (Å²) in [6.07, 6.45) is 0. The molecule has 0 heterocycles. The molecule has 0 aliphatic rings. The van der Waals surface area contributed by atoms with E-state index in [0.717, 1.165) is 5.56 Å². The molecule has 0 saturated heterocycles. The van der Waals surface area contributed by atoms with Gasteiger partial charge in [0, 0.05) is 15.5 Å². The molecular formula is C13H11Br2FN2O2S. The van der Waals surface area contributed by atoms with Gasteiger partial charge in [0.25, 0.3) is 10.0 Å². The Bertz CT molecular complexity index is 782. The minimum atomic E-state index is -3.79. The van der Waals surface area contributed by atoms with Crippen molar-refractivity contribution in [2.24, 2.45) is 5.73 Å². The van der Waals surface area contributed by atoms with Crippen molar-refractivity contribution in [1.82, 2.24) is 0 Å². The van der Waals surface area contributed by atoms with Gasteiger partial charge >= 0.3 is 0 Å². The number of sulfonamides is 1. The molecule has 112 valence electrons. The van der Waals surface area contributed by atoms with Crippen molar-refractivity contribution >= 4 is 47.6 Å². The fourth-order valence-corrected chi connectivity index (χ4v) is 4.45. The van der Waals surface area contributed by atoms with Crippen molar-refractivity contribution in [1.29, 1.82) is 0 Å². The van der Waals surface area contributed by atoms with Crippen LogP contribution in [0.25, 0.3) is 0 Å². The molecule has 21 heavy (non-hydrogen) atoms. The SMILES string of the molecule is NCc1ccc(S(=O)(=O)Nc2ccc(F)cc2Br)c(Br)c1. The predicted molar refractivity (Wildman–Crippen MR) is 86.9 cm³/mol. The van der Waals surface area contributed by atoms with Crippen LogP contribution in [0.1, 0.15) is 5.56 Å². The first-order valence-electron chi connectivity index (χ1n) is 5.80. The number of hydrogen-bond donors (Lipinski definition) is 2. The predicted octanol–water partition coefficient (Wildman–Crippen LogP) is 3.61. The maximum Gasteiger partial charge on any atom is 0.263 e. The third-order valence-corrected chi connectivity index (χ3v) is 5.70. The molecule has 0 aliphatic carbocycles. The normalized spacial score (nSPS) is 11.4. The lowest BCUT2D eigenvalue weighted by atomic mass is 10.2. The molecule has 8 heteroatoms. The number of hydrogen-bond acceptors (Lipinski definition) is 3. The Hall–Kier alpha value is -0.960. The highest BCUT2D eigenvalue weighted by Crippen LogP contribution is 2.29. The van der Waals surface area contributed by atoms with Crippen LogP contribution >= 0.6 is 31.9 Å². The molecule has 0 radical (unpaired) electrons. The molecule has 2 aromatic rings. The third-order valence-electron chi connectivity index (χ3n) is 2.70. The second-order valence-electron chi connectivity index (χ2n) is 4.20. The first-order chi connectivity index (χ1) is 9.83. The Labute approximate surface area is 138 Å². The van der Waals surface area contributed by atoms with Gasteiger partial charge in [-0.3, -0.25) is 4.72 Å². The second-order valence-corrected chi connectivity index (χ2v) is 7.56. The van der Waals surface area contributed by atoms with Crippen molar-refractivity contribution in [2.45, 2.75) is 11.4 Å². The number of nitrogens with two attached hydrogens (primary N) is 1. The molecule has 3 N–H and O–H groups in total. The minimum absolute atomic E-state index is 0.0796. The van der Waals surface area contributed by atoms with Gasteiger partial charge in [0.1, 0.15) is 10.7 Å². The number of benzene rings is 2. The Morgan fingerprint density at radius 3 is 2.38 bits per heavy atom. The van der Waals surface area contributed by atoms with E-state index in [4.69, 9.17) is 5.73 Å². The van der Waals surface area contributed by atoms with E-state index in [-0.39, 0.29) is 10.6 Å². The lowest BCUT2D eigenvalue weighted by Crippen LogP contribution is -2.14. The Kier molecular flexibility index (Phi) is 5.03. The number of halogens is 3. The zero-order valence-electron chi connectivity index (χ0n) is 10.6. The zero-order chi connectivity index (χ0) is 15.6. The maximum absolute atomic E-state index is 13.0. The van der Waals surface area contributed by atoms with Crippen LogP contribution in [0.2, 0.25) is 0 Å². The smallest absolute Gasteiger partial charge is 0.263 e. The highest BCUT2D eigenvalue weighted by atomic mass is 79.9. The van der Waals surface area contributed by atoms with Gasteiger partial charge in [0.2, 0.25) is 0 Å². The van der Waals surface area contributed by atoms with Gasteiger partial charge in [0.05, 0.1) is 5.69 Å². The summed E-state index contributed by atoms with van der Waals surface area (Å²) in [6, 6.07) is 8.46. The van der Waals surface area contributed by atoms with E-state index >= 15 is 0 Å².